The number of alkyl halides is 3. The molecule has 1 heterocycles. The Labute approximate surface area is 111 Å². The van der Waals surface area contributed by atoms with Crippen LogP contribution in [-0.4, -0.2) is 18.4 Å². The SMILES string of the molecule is CCC1(Cc2cccc(OC(F)(F)F)c2)CCCN1. The molecule has 1 atom stereocenters. The highest BCUT2D eigenvalue weighted by atomic mass is 19.4. The van der Waals surface area contributed by atoms with Crippen molar-refractivity contribution in [2.45, 2.75) is 44.5 Å². The van der Waals surface area contributed by atoms with Crippen LogP contribution in [0.1, 0.15) is 31.7 Å². The first-order chi connectivity index (χ1) is 8.92. The second-order valence-electron chi connectivity index (χ2n) is 5.04. The van der Waals surface area contributed by atoms with E-state index in [-0.39, 0.29) is 11.3 Å². The molecular weight excluding hydrogens is 255 g/mol. The third-order valence-electron chi connectivity index (χ3n) is 3.68. The number of hydrogen-bond donors (Lipinski definition) is 1. The van der Waals surface area contributed by atoms with Crippen molar-refractivity contribution >= 4 is 0 Å². The molecule has 0 radical (unpaired) electrons. The molecule has 1 aliphatic heterocycles. The summed E-state index contributed by atoms with van der Waals surface area (Å²) in [6.07, 6.45) is -0.747. The van der Waals surface area contributed by atoms with Gasteiger partial charge in [-0.15, -0.1) is 13.2 Å². The first kappa shape index (κ1) is 14.2. The molecule has 0 aliphatic carbocycles. The van der Waals surface area contributed by atoms with Crippen LogP contribution in [0.5, 0.6) is 5.75 Å². The quantitative estimate of drug-likeness (QED) is 0.904. The van der Waals surface area contributed by atoms with E-state index in [9.17, 15) is 13.2 Å². The second kappa shape index (κ2) is 5.41. The highest BCUT2D eigenvalue weighted by Gasteiger charge is 2.33. The fraction of sp³-hybridized carbons (Fsp3) is 0.571. The minimum atomic E-state index is -4.63. The standard InChI is InChI=1S/C14H18F3NO/c1-2-13(7-4-8-18-13)10-11-5-3-6-12(9-11)19-14(15,16)17/h3,5-6,9,18H,2,4,7-8,10H2,1H3. The van der Waals surface area contributed by atoms with E-state index < -0.39 is 6.36 Å². The molecule has 0 spiro atoms. The first-order valence-corrected chi connectivity index (χ1v) is 6.52. The molecule has 1 N–H and O–H groups in total. The Balaban J connectivity index is 2.10. The lowest BCUT2D eigenvalue weighted by Crippen LogP contribution is -2.41. The largest absolute Gasteiger partial charge is 0.573 e. The van der Waals surface area contributed by atoms with Crippen molar-refractivity contribution < 1.29 is 17.9 Å². The molecule has 106 valence electrons. The van der Waals surface area contributed by atoms with Gasteiger partial charge in [-0.2, -0.15) is 0 Å². The highest BCUT2D eigenvalue weighted by molar-refractivity contribution is 5.30. The first-order valence-electron chi connectivity index (χ1n) is 6.52. The number of benzene rings is 1. The molecule has 1 saturated heterocycles. The monoisotopic (exact) mass is 273 g/mol. The third kappa shape index (κ3) is 3.86. The predicted octanol–water partition coefficient (Wildman–Crippen LogP) is 3.66. The van der Waals surface area contributed by atoms with Crippen LogP contribution in [-0.2, 0) is 6.42 Å². The molecule has 1 aromatic carbocycles. The zero-order valence-corrected chi connectivity index (χ0v) is 10.9. The van der Waals surface area contributed by atoms with Gasteiger partial charge in [0.25, 0.3) is 0 Å². The van der Waals surface area contributed by atoms with Crippen LogP contribution >= 0.6 is 0 Å². The van der Waals surface area contributed by atoms with Gasteiger partial charge in [0.05, 0.1) is 0 Å². The number of nitrogens with one attached hydrogen (secondary N) is 1. The van der Waals surface area contributed by atoms with Gasteiger partial charge in [-0.25, -0.2) is 0 Å². The van der Waals surface area contributed by atoms with E-state index in [4.69, 9.17) is 0 Å². The Bertz CT molecular complexity index is 425. The van der Waals surface area contributed by atoms with Crippen molar-refractivity contribution in [3.05, 3.63) is 29.8 Å². The van der Waals surface area contributed by atoms with E-state index in [1.165, 1.54) is 12.1 Å². The molecule has 5 heteroatoms. The van der Waals surface area contributed by atoms with Gasteiger partial charge < -0.3 is 10.1 Å². The zero-order chi connectivity index (χ0) is 13.9. The van der Waals surface area contributed by atoms with Crippen LogP contribution in [0.15, 0.2) is 24.3 Å². The fourth-order valence-electron chi connectivity index (χ4n) is 2.69. The summed E-state index contributed by atoms with van der Waals surface area (Å²) in [4.78, 5) is 0. The third-order valence-corrected chi connectivity index (χ3v) is 3.68. The lowest BCUT2D eigenvalue weighted by Gasteiger charge is -2.28. The van der Waals surface area contributed by atoms with Gasteiger partial charge in [0, 0.05) is 5.54 Å². The van der Waals surface area contributed by atoms with Crippen LogP contribution in [0, 0.1) is 0 Å². The van der Waals surface area contributed by atoms with E-state index in [0.29, 0.717) is 0 Å². The molecule has 19 heavy (non-hydrogen) atoms. The van der Waals surface area contributed by atoms with Crippen LogP contribution in [0.3, 0.4) is 0 Å². The summed E-state index contributed by atoms with van der Waals surface area (Å²) in [5, 5.41) is 3.47. The Morgan fingerprint density at radius 3 is 2.74 bits per heavy atom. The number of halogens is 3. The molecule has 0 amide bonds. The van der Waals surface area contributed by atoms with Gasteiger partial charge in [-0.1, -0.05) is 19.1 Å². The molecule has 2 rings (SSSR count). The molecule has 1 unspecified atom stereocenters. The molecule has 0 saturated carbocycles. The van der Waals surface area contributed by atoms with Gasteiger partial charge in [0.2, 0.25) is 0 Å². The molecule has 1 fully saturated rings. The van der Waals surface area contributed by atoms with Crippen molar-refractivity contribution in [1.82, 2.24) is 5.32 Å². The number of ether oxygens (including phenoxy) is 1. The Kier molecular flexibility index (Phi) is 4.04. The van der Waals surface area contributed by atoms with E-state index in [1.807, 2.05) is 6.07 Å². The average molecular weight is 273 g/mol. The minimum Gasteiger partial charge on any atom is -0.406 e. The Hall–Kier alpha value is -1.23. The lowest BCUT2D eigenvalue weighted by atomic mass is 9.87. The minimum absolute atomic E-state index is 0.0247. The van der Waals surface area contributed by atoms with Crippen molar-refractivity contribution in [1.29, 1.82) is 0 Å². The molecule has 1 aromatic rings. The topological polar surface area (TPSA) is 21.3 Å². The van der Waals surface area contributed by atoms with Crippen molar-refractivity contribution in [2.75, 3.05) is 6.54 Å². The molecule has 0 bridgehead atoms. The van der Waals surface area contributed by atoms with Crippen molar-refractivity contribution in [3.63, 3.8) is 0 Å². The average Bonchev–Trinajstić information content (AvgIpc) is 2.76. The van der Waals surface area contributed by atoms with Gasteiger partial charge in [0.1, 0.15) is 5.75 Å². The number of hydrogen-bond acceptors (Lipinski definition) is 2. The summed E-state index contributed by atoms with van der Waals surface area (Å²) in [5.74, 6) is -0.144. The van der Waals surface area contributed by atoms with Crippen molar-refractivity contribution in [2.24, 2.45) is 0 Å². The Morgan fingerprint density at radius 2 is 2.16 bits per heavy atom. The maximum atomic E-state index is 12.2. The lowest BCUT2D eigenvalue weighted by molar-refractivity contribution is -0.274. The predicted molar refractivity (Wildman–Crippen MR) is 67.1 cm³/mol. The normalized spacial score (nSPS) is 23.6. The van der Waals surface area contributed by atoms with Gasteiger partial charge >= 0.3 is 6.36 Å². The smallest absolute Gasteiger partial charge is 0.406 e. The van der Waals surface area contributed by atoms with E-state index in [2.05, 4.69) is 17.0 Å². The molecule has 1 aliphatic rings. The summed E-state index contributed by atoms with van der Waals surface area (Å²) < 4.78 is 40.5. The Morgan fingerprint density at radius 1 is 1.37 bits per heavy atom. The molecule has 2 nitrogen and oxygen atoms in total. The van der Waals surface area contributed by atoms with Crippen LogP contribution in [0.4, 0.5) is 13.2 Å². The fourth-order valence-corrected chi connectivity index (χ4v) is 2.69. The van der Waals surface area contributed by atoms with Crippen LogP contribution in [0.2, 0.25) is 0 Å². The van der Waals surface area contributed by atoms with Gasteiger partial charge in [-0.05, 0) is 49.9 Å². The number of rotatable bonds is 4. The summed E-state index contributed by atoms with van der Waals surface area (Å²) in [6, 6.07) is 6.26. The molecular formula is C14H18F3NO. The van der Waals surface area contributed by atoms with Crippen molar-refractivity contribution in [3.8, 4) is 5.75 Å². The zero-order valence-electron chi connectivity index (χ0n) is 10.9. The summed E-state index contributed by atoms with van der Waals surface area (Å²) >= 11 is 0. The summed E-state index contributed by atoms with van der Waals surface area (Å²) in [6.45, 7) is 3.08. The highest BCUT2D eigenvalue weighted by Crippen LogP contribution is 2.29. The maximum Gasteiger partial charge on any atom is 0.573 e. The van der Waals surface area contributed by atoms with Gasteiger partial charge in [-0.3, -0.25) is 0 Å². The molecule has 0 aromatic heterocycles. The van der Waals surface area contributed by atoms with Gasteiger partial charge in [0.15, 0.2) is 0 Å². The summed E-state index contributed by atoms with van der Waals surface area (Å²) in [5.41, 5.74) is 0.898. The van der Waals surface area contributed by atoms with E-state index >= 15 is 0 Å². The van der Waals surface area contributed by atoms with E-state index in [0.717, 1.165) is 37.8 Å². The summed E-state index contributed by atoms with van der Waals surface area (Å²) in [7, 11) is 0. The maximum absolute atomic E-state index is 12.2. The van der Waals surface area contributed by atoms with Crippen LogP contribution < -0.4 is 10.1 Å². The van der Waals surface area contributed by atoms with E-state index in [1.54, 1.807) is 6.07 Å². The second-order valence-corrected chi connectivity index (χ2v) is 5.04. The van der Waals surface area contributed by atoms with Crippen LogP contribution in [0.25, 0.3) is 0 Å².